The van der Waals surface area contributed by atoms with Gasteiger partial charge in [0.2, 0.25) is 10.0 Å². The number of benzene rings is 1. The van der Waals surface area contributed by atoms with Crippen LogP contribution in [0.2, 0.25) is 0 Å². The summed E-state index contributed by atoms with van der Waals surface area (Å²) in [7, 11) is -3.63. The molecular formula is C11H15N3O2S. The third-order valence-electron chi connectivity index (χ3n) is 2.40. The van der Waals surface area contributed by atoms with E-state index in [0.29, 0.717) is 13.0 Å². The van der Waals surface area contributed by atoms with Gasteiger partial charge >= 0.3 is 0 Å². The molecule has 17 heavy (non-hydrogen) atoms. The summed E-state index contributed by atoms with van der Waals surface area (Å²) in [6.07, 6.45) is 0.444. The van der Waals surface area contributed by atoms with Crippen LogP contribution < -0.4 is 10.5 Å². The van der Waals surface area contributed by atoms with Gasteiger partial charge in [-0.3, -0.25) is 0 Å². The number of nitrogens with two attached hydrogens (primary N) is 1. The van der Waals surface area contributed by atoms with Gasteiger partial charge in [-0.05, 0) is 24.6 Å². The molecule has 1 atom stereocenters. The number of nitrogens with zero attached hydrogens (tertiary/aromatic N) is 1. The van der Waals surface area contributed by atoms with Crippen LogP contribution in [0.1, 0.15) is 24.9 Å². The molecule has 0 saturated carbocycles. The van der Waals surface area contributed by atoms with Gasteiger partial charge in [0.25, 0.3) is 0 Å². The Hall–Kier alpha value is -1.42. The van der Waals surface area contributed by atoms with E-state index in [2.05, 4.69) is 5.32 Å². The molecule has 0 aliphatic carbocycles. The molecule has 0 aromatic heterocycles. The van der Waals surface area contributed by atoms with Crippen LogP contribution in [-0.2, 0) is 10.0 Å². The molecule has 1 aromatic carbocycles. The second-order valence-corrected chi connectivity index (χ2v) is 5.26. The average molecular weight is 253 g/mol. The molecule has 0 aliphatic rings. The van der Waals surface area contributed by atoms with E-state index in [-0.39, 0.29) is 10.9 Å². The van der Waals surface area contributed by atoms with E-state index in [4.69, 9.17) is 10.4 Å². The lowest BCUT2D eigenvalue weighted by Crippen LogP contribution is -2.19. The molecule has 1 rings (SSSR count). The number of hydrogen-bond acceptors (Lipinski definition) is 4. The van der Waals surface area contributed by atoms with Crippen molar-refractivity contribution in [2.24, 2.45) is 5.14 Å². The first-order valence-electron chi connectivity index (χ1n) is 5.18. The second kappa shape index (κ2) is 5.77. The summed E-state index contributed by atoms with van der Waals surface area (Å²) in [4.78, 5) is 0.102. The normalized spacial score (nSPS) is 13.0. The Morgan fingerprint density at radius 2 is 2.00 bits per heavy atom. The number of hydrogen-bond donors (Lipinski definition) is 2. The van der Waals surface area contributed by atoms with E-state index in [1.165, 1.54) is 12.1 Å². The predicted molar refractivity (Wildman–Crippen MR) is 64.5 cm³/mol. The molecule has 0 radical (unpaired) electrons. The topological polar surface area (TPSA) is 96.0 Å². The Bertz CT molecular complexity index is 503. The zero-order valence-electron chi connectivity index (χ0n) is 9.55. The van der Waals surface area contributed by atoms with Gasteiger partial charge in [-0.15, -0.1) is 0 Å². The third kappa shape index (κ3) is 4.15. The van der Waals surface area contributed by atoms with Gasteiger partial charge in [-0.1, -0.05) is 12.1 Å². The van der Waals surface area contributed by atoms with Crippen molar-refractivity contribution in [3.05, 3.63) is 29.8 Å². The van der Waals surface area contributed by atoms with Crippen molar-refractivity contribution in [3.63, 3.8) is 0 Å². The Kier molecular flexibility index (Phi) is 4.63. The zero-order valence-corrected chi connectivity index (χ0v) is 10.4. The lowest BCUT2D eigenvalue weighted by Gasteiger charge is -2.13. The predicted octanol–water partition coefficient (Wildman–Crippen LogP) is 0.898. The van der Waals surface area contributed by atoms with Gasteiger partial charge in [-0.25, -0.2) is 13.6 Å². The van der Waals surface area contributed by atoms with Gasteiger partial charge in [0, 0.05) is 19.0 Å². The SMILES string of the molecule is CC(NCCC#N)c1ccc(S(N)(=O)=O)cc1. The number of sulfonamides is 1. The highest BCUT2D eigenvalue weighted by molar-refractivity contribution is 7.89. The maximum atomic E-state index is 11.1. The summed E-state index contributed by atoms with van der Waals surface area (Å²) in [6, 6.07) is 8.50. The minimum Gasteiger partial charge on any atom is -0.309 e. The fourth-order valence-electron chi connectivity index (χ4n) is 1.41. The van der Waals surface area contributed by atoms with Crippen molar-refractivity contribution in [2.45, 2.75) is 24.3 Å². The monoisotopic (exact) mass is 253 g/mol. The van der Waals surface area contributed by atoms with Crippen LogP contribution in [0.25, 0.3) is 0 Å². The molecule has 92 valence electrons. The third-order valence-corrected chi connectivity index (χ3v) is 3.33. The molecule has 6 heteroatoms. The van der Waals surface area contributed by atoms with Gasteiger partial charge in [0.1, 0.15) is 0 Å². The Morgan fingerprint density at radius 1 is 1.41 bits per heavy atom. The summed E-state index contributed by atoms with van der Waals surface area (Å²) in [5.74, 6) is 0. The van der Waals surface area contributed by atoms with Crippen LogP contribution in [0.3, 0.4) is 0 Å². The Morgan fingerprint density at radius 3 is 2.47 bits per heavy atom. The van der Waals surface area contributed by atoms with E-state index >= 15 is 0 Å². The van der Waals surface area contributed by atoms with Crippen LogP contribution in [0.4, 0.5) is 0 Å². The number of nitrogens with one attached hydrogen (secondary N) is 1. The van der Waals surface area contributed by atoms with Crippen molar-refractivity contribution in [2.75, 3.05) is 6.54 Å². The van der Waals surface area contributed by atoms with E-state index in [0.717, 1.165) is 5.56 Å². The average Bonchev–Trinajstić information content (AvgIpc) is 2.28. The second-order valence-electron chi connectivity index (χ2n) is 3.70. The number of rotatable bonds is 5. The molecule has 0 saturated heterocycles. The van der Waals surface area contributed by atoms with E-state index in [1.807, 2.05) is 13.0 Å². The highest BCUT2D eigenvalue weighted by Gasteiger charge is 2.09. The molecular weight excluding hydrogens is 238 g/mol. The van der Waals surface area contributed by atoms with E-state index in [1.54, 1.807) is 12.1 Å². The Balaban J connectivity index is 2.71. The molecule has 0 aliphatic heterocycles. The summed E-state index contributed by atoms with van der Waals surface area (Å²) < 4.78 is 22.1. The van der Waals surface area contributed by atoms with Crippen molar-refractivity contribution in [1.82, 2.24) is 5.32 Å². The van der Waals surface area contributed by atoms with Gasteiger partial charge in [0.15, 0.2) is 0 Å². The van der Waals surface area contributed by atoms with Crippen LogP contribution in [0.5, 0.6) is 0 Å². The van der Waals surface area contributed by atoms with Crippen LogP contribution in [0, 0.1) is 11.3 Å². The molecule has 1 aromatic rings. The molecule has 5 nitrogen and oxygen atoms in total. The van der Waals surface area contributed by atoms with Crippen molar-refractivity contribution in [1.29, 1.82) is 5.26 Å². The summed E-state index contributed by atoms with van der Waals surface area (Å²) >= 11 is 0. The first-order valence-corrected chi connectivity index (χ1v) is 6.73. The fraction of sp³-hybridized carbons (Fsp3) is 0.364. The largest absolute Gasteiger partial charge is 0.309 e. The first-order chi connectivity index (χ1) is 7.95. The molecule has 0 spiro atoms. The fourth-order valence-corrected chi connectivity index (χ4v) is 1.92. The highest BCUT2D eigenvalue weighted by atomic mass is 32.2. The van der Waals surface area contributed by atoms with E-state index in [9.17, 15) is 8.42 Å². The van der Waals surface area contributed by atoms with Crippen molar-refractivity contribution in [3.8, 4) is 6.07 Å². The van der Waals surface area contributed by atoms with Crippen LogP contribution in [-0.4, -0.2) is 15.0 Å². The lowest BCUT2D eigenvalue weighted by molar-refractivity contribution is 0.581. The number of primary sulfonamides is 1. The maximum absolute atomic E-state index is 11.1. The zero-order chi connectivity index (χ0) is 12.9. The van der Waals surface area contributed by atoms with Crippen molar-refractivity contribution < 1.29 is 8.42 Å². The number of nitriles is 1. The van der Waals surface area contributed by atoms with Crippen LogP contribution in [0.15, 0.2) is 29.2 Å². The Labute approximate surface area is 101 Å². The molecule has 0 bridgehead atoms. The minimum absolute atomic E-state index is 0.0675. The molecule has 1 unspecified atom stereocenters. The van der Waals surface area contributed by atoms with E-state index < -0.39 is 10.0 Å². The maximum Gasteiger partial charge on any atom is 0.238 e. The molecule has 0 fully saturated rings. The van der Waals surface area contributed by atoms with Crippen LogP contribution >= 0.6 is 0 Å². The van der Waals surface area contributed by atoms with Crippen molar-refractivity contribution >= 4 is 10.0 Å². The first kappa shape index (κ1) is 13.6. The summed E-state index contributed by atoms with van der Waals surface area (Å²) in [5.41, 5.74) is 0.954. The molecule has 0 heterocycles. The van der Waals surface area contributed by atoms with Gasteiger partial charge in [0.05, 0.1) is 11.0 Å². The molecule has 0 amide bonds. The quantitative estimate of drug-likeness (QED) is 0.762. The smallest absolute Gasteiger partial charge is 0.238 e. The lowest BCUT2D eigenvalue weighted by atomic mass is 10.1. The summed E-state index contributed by atoms with van der Waals surface area (Å²) in [5, 5.41) is 16.6. The standard InChI is InChI=1S/C11H15N3O2S/c1-9(14-8-2-7-12)10-3-5-11(6-4-10)17(13,15)16/h3-6,9,14H,2,8H2,1H3,(H2,13,15,16). The van der Waals surface area contributed by atoms with Gasteiger partial charge < -0.3 is 5.32 Å². The van der Waals surface area contributed by atoms with Gasteiger partial charge in [-0.2, -0.15) is 5.26 Å². The molecule has 3 N–H and O–H groups in total. The highest BCUT2D eigenvalue weighted by Crippen LogP contribution is 2.15. The minimum atomic E-state index is -3.63. The summed E-state index contributed by atoms with van der Waals surface area (Å²) in [6.45, 7) is 2.55.